The molecule has 0 saturated carbocycles. The van der Waals surface area contributed by atoms with E-state index in [-0.39, 0.29) is 17.4 Å². The molecule has 1 aliphatic rings. The highest BCUT2D eigenvalue weighted by molar-refractivity contribution is 7.88. The third-order valence-corrected chi connectivity index (χ3v) is 5.11. The van der Waals surface area contributed by atoms with E-state index in [9.17, 15) is 18.0 Å². The first-order chi connectivity index (χ1) is 11.8. The van der Waals surface area contributed by atoms with Gasteiger partial charge in [-0.1, -0.05) is 18.2 Å². The number of para-hydroxylation sites is 1. The smallest absolute Gasteiger partial charge is 0.254 e. The van der Waals surface area contributed by atoms with Crippen LogP contribution in [0.2, 0.25) is 0 Å². The van der Waals surface area contributed by atoms with Gasteiger partial charge >= 0.3 is 0 Å². The fourth-order valence-corrected chi connectivity index (χ4v) is 3.78. The van der Waals surface area contributed by atoms with Gasteiger partial charge < -0.3 is 9.88 Å². The summed E-state index contributed by atoms with van der Waals surface area (Å²) in [6.07, 6.45) is 2.80. The maximum absolute atomic E-state index is 12.9. The molecule has 0 bridgehead atoms. The lowest BCUT2D eigenvalue weighted by Gasteiger charge is -2.33. The van der Waals surface area contributed by atoms with Gasteiger partial charge in [-0.3, -0.25) is 9.59 Å². The zero-order valence-electron chi connectivity index (χ0n) is 14.0. The number of sulfonamides is 1. The molecule has 1 aliphatic heterocycles. The van der Waals surface area contributed by atoms with Crippen LogP contribution in [0.1, 0.15) is 23.2 Å². The summed E-state index contributed by atoms with van der Waals surface area (Å²) in [4.78, 5) is 29.3. The number of rotatable bonds is 4. The van der Waals surface area contributed by atoms with Gasteiger partial charge in [0, 0.05) is 36.6 Å². The lowest BCUT2D eigenvalue weighted by molar-refractivity contribution is 0.0678. The van der Waals surface area contributed by atoms with Crippen molar-refractivity contribution >= 4 is 26.8 Å². The van der Waals surface area contributed by atoms with E-state index in [0.29, 0.717) is 36.1 Å². The molecule has 8 heteroatoms. The molecule has 2 heterocycles. The number of piperidine rings is 1. The highest BCUT2D eigenvalue weighted by Crippen LogP contribution is 2.21. The number of hydrogen-bond donors (Lipinski definition) is 2. The van der Waals surface area contributed by atoms with Gasteiger partial charge in [0.15, 0.2) is 0 Å². The third kappa shape index (κ3) is 4.26. The summed E-state index contributed by atoms with van der Waals surface area (Å²) in [6.45, 7) is 1.40. The second kappa shape index (κ2) is 6.97. The zero-order chi connectivity index (χ0) is 18.0. The summed E-state index contributed by atoms with van der Waals surface area (Å²) in [5.41, 5.74) is 0.705. The summed E-state index contributed by atoms with van der Waals surface area (Å²) in [6, 6.07) is 8.55. The van der Waals surface area contributed by atoms with E-state index < -0.39 is 10.0 Å². The van der Waals surface area contributed by atoms with Crippen LogP contribution in [0.5, 0.6) is 0 Å². The molecule has 1 unspecified atom stereocenters. The van der Waals surface area contributed by atoms with Crippen LogP contribution in [0.4, 0.5) is 0 Å². The molecule has 2 N–H and O–H groups in total. The summed E-state index contributed by atoms with van der Waals surface area (Å²) in [5.74, 6) is -0.118. The number of fused-ring (bicyclic) bond motifs is 1. The molecule has 1 amide bonds. The number of carbonyl (C=O) groups excluding carboxylic acids is 1. The van der Waals surface area contributed by atoms with Crippen LogP contribution in [-0.4, -0.2) is 50.1 Å². The number of nitrogens with zero attached hydrogens (tertiary/aromatic N) is 1. The fraction of sp³-hybridized carbons (Fsp3) is 0.412. The zero-order valence-corrected chi connectivity index (χ0v) is 14.8. The number of nitrogens with one attached hydrogen (secondary N) is 2. The summed E-state index contributed by atoms with van der Waals surface area (Å²) >= 11 is 0. The van der Waals surface area contributed by atoms with Crippen molar-refractivity contribution < 1.29 is 13.2 Å². The quantitative estimate of drug-likeness (QED) is 0.844. The number of amides is 1. The number of pyridine rings is 1. The van der Waals surface area contributed by atoms with Crippen molar-refractivity contribution in [3.63, 3.8) is 0 Å². The van der Waals surface area contributed by atoms with E-state index in [0.717, 1.165) is 19.1 Å². The molecule has 1 aromatic carbocycles. The molecule has 25 heavy (non-hydrogen) atoms. The molecule has 1 atom stereocenters. The van der Waals surface area contributed by atoms with Crippen LogP contribution in [-0.2, 0) is 10.0 Å². The Morgan fingerprint density at radius 3 is 2.88 bits per heavy atom. The van der Waals surface area contributed by atoms with Gasteiger partial charge in [-0.2, -0.15) is 0 Å². The Morgan fingerprint density at radius 2 is 2.12 bits per heavy atom. The molecular formula is C17H21N3O4S. The standard InChI is InChI=1S/C17H21N3O4S/c1-25(23,24)18-10-12-5-4-8-20(11-12)17(22)14-9-16(21)19-15-7-3-2-6-13(14)15/h2-3,6-7,9,12,18H,4-5,8,10-11H2,1H3,(H,19,21). The minimum atomic E-state index is -3.25. The van der Waals surface area contributed by atoms with Crippen LogP contribution in [0, 0.1) is 5.92 Å². The Labute approximate surface area is 146 Å². The maximum Gasteiger partial charge on any atom is 0.254 e. The number of H-pyrrole nitrogens is 1. The van der Waals surface area contributed by atoms with Gasteiger partial charge in [0.2, 0.25) is 15.6 Å². The first kappa shape index (κ1) is 17.6. The lowest BCUT2D eigenvalue weighted by Crippen LogP contribution is -2.43. The fourth-order valence-electron chi connectivity index (χ4n) is 3.24. The van der Waals surface area contributed by atoms with Crippen molar-refractivity contribution in [2.75, 3.05) is 25.9 Å². The molecule has 1 aromatic heterocycles. The van der Waals surface area contributed by atoms with Crippen LogP contribution in [0.25, 0.3) is 10.9 Å². The topological polar surface area (TPSA) is 99.3 Å². The van der Waals surface area contributed by atoms with Gasteiger partial charge in [0.1, 0.15) is 0 Å². The number of hydrogen-bond acceptors (Lipinski definition) is 4. The average Bonchev–Trinajstić information content (AvgIpc) is 2.58. The van der Waals surface area contributed by atoms with Crippen molar-refractivity contribution in [2.24, 2.45) is 5.92 Å². The van der Waals surface area contributed by atoms with Gasteiger partial charge in [0.05, 0.1) is 11.8 Å². The maximum atomic E-state index is 12.9. The van der Waals surface area contributed by atoms with Crippen LogP contribution in [0.15, 0.2) is 35.1 Å². The van der Waals surface area contributed by atoms with Gasteiger partial charge in [-0.15, -0.1) is 0 Å². The van der Waals surface area contributed by atoms with Crippen LogP contribution >= 0.6 is 0 Å². The van der Waals surface area contributed by atoms with E-state index in [1.807, 2.05) is 12.1 Å². The molecule has 2 aromatic rings. The van der Waals surface area contributed by atoms with E-state index in [1.165, 1.54) is 6.07 Å². The van der Waals surface area contributed by atoms with Gasteiger partial charge in [0.25, 0.3) is 5.91 Å². The Morgan fingerprint density at radius 1 is 1.36 bits per heavy atom. The first-order valence-corrected chi connectivity index (χ1v) is 10.1. The predicted molar refractivity (Wildman–Crippen MR) is 96.0 cm³/mol. The van der Waals surface area contributed by atoms with Crippen molar-refractivity contribution in [1.82, 2.24) is 14.6 Å². The molecule has 0 spiro atoms. The van der Waals surface area contributed by atoms with E-state index in [4.69, 9.17) is 0 Å². The Bertz CT molecular complexity index is 952. The molecule has 1 fully saturated rings. The Kier molecular flexibility index (Phi) is 4.91. The molecule has 0 aliphatic carbocycles. The summed E-state index contributed by atoms with van der Waals surface area (Å²) in [5, 5.41) is 0.712. The van der Waals surface area contributed by atoms with Crippen molar-refractivity contribution in [2.45, 2.75) is 12.8 Å². The number of likely N-dealkylation sites (tertiary alicyclic amines) is 1. The SMILES string of the molecule is CS(=O)(=O)NCC1CCCN(C(=O)c2cc(=O)[nH]c3ccccc23)C1. The summed E-state index contributed by atoms with van der Waals surface area (Å²) in [7, 11) is -3.25. The van der Waals surface area contributed by atoms with Crippen LogP contribution in [0.3, 0.4) is 0 Å². The third-order valence-electron chi connectivity index (χ3n) is 4.42. The number of aromatic amines is 1. The second-order valence-corrected chi connectivity index (χ2v) is 8.31. The normalized spacial score (nSPS) is 18.4. The summed E-state index contributed by atoms with van der Waals surface area (Å²) < 4.78 is 25.0. The minimum Gasteiger partial charge on any atom is -0.338 e. The molecule has 134 valence electrons. The molecule has 0 radical (unpaired) electrons. The predicted octanol–water partition coefficient (Wildman–Crippen LogP) is 0.929. The first-order valence-electron chi connectivity index (χ1n) is 8.19. The van der Waals surface area contributed by atoms with Gasteiger partial charge in [-0.25, -0.2) is 13.1 Å². The largest absolute Gasteiger partial charge is 0.338 e. The Balaban J connectivity index is 1.82. The molecule has 1 saturated heterocycles. The monoisotopic (exact) mass is 363 g/mol. The lowest BCUT2D eigenvalue weighted by atomic mass is 9.97. The molecule has 3 rings (SSSR count). The molecule has 7 nitrogen and oxygen atoms in total. The van der Waals surface area contributed by atoms with E-state index >= 15 is 0 Å². The van der Waals surface area contributed by atoms with Crippen molar-refractivity contribution in [3.05, 3.63) is 46.2 Å². The minimum absolute atomic E-state index is 0.0701. The molecular weight excluding hydrogens is 342 g/mol. The van der Waals surface area contributed by atoms with E-state index in [2.05, 4.69) is 9.71 Å². The highest BCUT2D eigenvalue weighted by Gasteiger charge is 2.26. The average molecular weight is 363 g/mol. The Hall–Kier alpha value is -2.19. The second-order valence-electron chi connectivity index (χ2n) is 6.47. The van der Waals surface area contributed by atoms with Crippen molar-refractivity contribution in [3.8, 4) is 0 Å². The van der Waals surface area contributed by atoms with Crippen molar-refractivity contribution in [1.29, 1.82) is 0 Å². The van der Waals surface area contributed by atoms with Crippen LogP contribution < -0.4 is 10.3 Å². The number of aromatic nitrogens is 1. The van der Waals surface area contributed by atoms with E-state index in [1.54, 1.807) is 17.0 Å². The highest BCUT2D eigenvalue weighted by atomic mass is 32.2. The number of carbonyl (C=O) groups is 1. The number of benzene rings is 1. The van der Waals surface area contributed by atoms with Gasteiger partial charge in [-0.05, 0) is 24.8 Å².